The number of nitrogen functional groups attached to an aromatic ring is 2. The van der Waals surface area contributed by atoms with Crippen molar-refractivity contribution in [2.75, 3.05) is 25.7 Å². The quantitative estimate of drug-likeness (QED) is 0.491. The van der Waals surface area contributed by atoms with Gasteiger partial charge in [-0.15, -0.1) is 0 Å². The second kappa shape index (κ2) is 6.51. The van der Waals surface area contributed by atoms with E-state index in [9.17, 15) is 0 Å². The Kier molecular flexibility index (Phi) is 4.50. The molecule has 1 aromatic carbocycles. The number of methoxy groups -OCH3 is 2. The van der Waals surface area contributed by atoms with Gasteiger partial charge in [0.15, 0.2) is 0 Å². The Morgan fingerprint density at radius 2 is 1.86 bits per heavy atom. The molecule has 0 atom stereocenters. The van der Waals surface area contributed by atoms with Crippen molar-refractivity contribution in [2.45, 2.75) is 6.42 Å². The fourth-order valence-electron chi connectivity index (χ4n) is 1.98. The van der Waals surface area contributed by atoms with Crippen LogP contribution in [0.15, 0.2) is 23.4 Å². The van der Waals surface area contributed by atoms with Crippen LogP contribution in [0.3, 0.4) is 0 Å². The van der Waals surface area contributed by atoms with Crippen molar-refractivity contribution in [3.05, 3.63) is 39.9 Å². The monoisotopic (exact) mass is 301 g/mol. The Balaban J connectivity index is 2.45. The van der Waals surface area contributed by atoms with Gasteiger partial charge in [-0.25, -0.2) is 4.98 Å². The zero-order valence-corrected chi connectivity index (χ0v) is 12.1. The van der Waals surface area contributed by atoms with Crippen LogP contribution in [0.5, 0.6) is 11.5 Å². The van der Waals surface area contributed by atoms with E-state index < -0.39 is 0 Å². The Morgan fingerprint density at radius 1 is 1.23 bits per heavy atom. The predicted octanol–water partition coefficient (Wildman–Crippen LogP) is 2.19. The molecule has 0 bridgehead atoms. The van der Waals surface area contributed by atoms with Crippen LogP contribution in [0.25, 0.3) is 10.4 Å². The summed E-state index contributed by atoms with van der Waals surface area (Å²) in [6.45, 7) is 0. The number of aromatic nitrogens is 2. The molecule has 0 aliphatic heterocycles. The van der Waals surface area contributed by atoms with Crippen LogP contribution in [0, 0.1) is 0 Å². The number of azide groups is 1. The van der Waals surface area contributed by atoms with Crippen LogP contribution >= 0.6 is 0 Å². The minimum atomic E-state index is 0.120. The van der Waals surface area contributed by atoms with Crippen molar-refractivity contribution in [2.24, 2.45) is 5.11 Å². The van der Waals surface area contributed by atoms with Gasteiger partial charge < -0.3 is 20.9 Å². The predicted molar refractivity (Wildman–Crippen MR) is 82.0 cm³/mol. The van der Waals surface area contributed by atoms with Gasteiger partial charge in [0.25, 0.3) is 0 Å². The fourth-order valence-corrected chi connectivity index (χ4v) is 1.98. The highest BCUT2D eigenvalue weighted by Gasteiger charge is 2.13. The summed E-state index contributed by atoms with van der Waals surface area (Å²) in [5.41, 5.74) is 21.8. The standard InChI is InChI=1S/C13H15N7O2/c1-21-9-4-7(5-10(22-2)11(9)19-20-16)3-8-6-17-13(15)18-12(8)14/h4-6H,3H2,1-2H3,(H4,14,15,17,18). The lowest BCUT2D eigenvalue weighted by Crippen LogP contribution is -2.04. The molecule has 1 heterocycles. The molecule has 9 heteroatoms. The highest BCUT2D eigenvalue weighted by molar-refractivity contribution is 5.64. The third kappa shape index (κ3) is 3.10. The van der Waals surface area contributed by atoms with Gasteiger partial charge in [-0.05, 0) is 23.2 Å². The van der Waals surface area contributed by atoms with Crippen molar-refractivity contribution < 1.29 is 9.47 Å². The zero-order chi connectivity index (χ0) is 16.1. The zero-order valence-electron chi connectivity index (χ0n) is 12.1. The maximum absolute atomic E-state index is 8.63. The molecule has 114 valence electrons. The highest BCUT2D eigenvalue weighted by Crippen LogP contribution is 2.39. The molecular formula is C13H15N7O2. The minimum absolute atomic E-state index is 0.120. The van der Waals surface area contributed by atoms with Gasteiger partial charge in [-0.1, -0.05) is 5.11 Å². The first-order chi connectivity index (χ1) is 10.6. The molecule has 2 rings (SSSR count). The third-order valence-corrected chi connectivity index (χ3v) is 3.00. The van der Waals surface area contributed by atoms with E-state index in [-0.39, 0.29) is 11.6 Å². The van der Waals surface area contributed by atoms with Gasteiger partial charge in [-0.2, -0.15) is 4.98 Å². The first-order valence-corrected chi connectivity index (χ1v) is 6.26. The Labute approximate surface area is 126 Å². The third-order valence-electron chi connectivity index (χ3n) is 3.00. The summed E-state index contributed by atoms with van der Waals surface area (Å²) >= 11 is 0. The minimum Gasteiger partial charge on any atom is -0.496 e. The van der Waals surface area contributed by atoms with E-state index in [1.807, 2.05) is 0 Å². The van der Waals surface area contributed by atoms with Crippen molar-refractivity contribution in [1.82, 2.24) is 9.97 Å². The van der Waals surface area contributed by atoms with Crippen molar-refractivity contribution >= 4 is 17.5 Å². The lowest BCUT2D eigenvalue weighted by Gasteiger charge is -2.12. The molecule has 2 aromatic rings. The highest BCUT2D eigenvalue weighted by atomic mass is 16.5. The fraction of sp³-hybridized carbons (Fsp3) is 0.231. The molecule has 0 spiro atoms. The molecule has 0 radical (unpaired) electrons. The first kappa shape index (κ1) is 15.2. The number of hydrogen-bond donors (Lipinski definition) is 2. The number of hydrogen-bond acceptors (Lipinski definition) is 7. The summed E-state index contributed by atoms with van der Waals surface area (Å²) in [5.74, 6) is 1.24. The molecular weight excluding hydrogens is 286 g/mol. The molecule has 0 fully saturated rings. The maximum Gasteiger partial charge on any atom is 0.221 e. The van der Waals surface area contributed by atoms with Gasteiger partial charge in [-0.3, -0.25) is 0 Å². The molecule has 4 N–H and O–H groups in total. The van der Waals surface area contributed by atoms with Crippen LogP contribution in [-0.2, 0) is 6.42 Å². The largest absolute Gasteiger partial charge is 0.496 e. The molecule has 0 saturated carbocycles. The van der Waals surface area contributed by atoms with E-state index in [4.69, 9.17) is 26.5 Å². The maximum atomic E-state index is 8.63. The molecule has 1 aromatic heterocycles. The summed E-state index contributed by atoms with van der Waals surface area (Å²) in [7, 11) is 2.96. The second-order valence-corrected chi connectivity index (χ2v) is 4.35. The molecule has 9 nitrogen and oxygen atoms in total. The van der Waals surface area contributed by atoms with Gasteiger partial charge in [0, 0.05) is 23.1 Å². The molecule has 22 heavy (non-hydrogen) atoms. The Morgan fingerprint density at radius 3 is 2.36 bits per heavy atom. The smallest absolute Gasteiger partial charge is 0.221 e. The van der Waals surface area contributed by atoms with Gasteiger partial charge >= 0.3 is 0 Å². The number of benzene rings is 1. The van der Waals surface area contributed by atoms with Gasteiger partial charge in [0.1, 0.15) is 23.0 Å². The van der Waals surface area contributed by atoms with E-state index in [1.165, 1.54) is 14.2 Å². The Hall–Kier alpha value is -3.19. The van der Waals surface area contributed by atoms with E-state index >= 15 is 0 Å². The number of nitrogens with zero attached hydrogens (tertiary/aromatic N) is 5. The van der Waals surface area contributed by atoms with E-state index in [0.29, 0.717) is 23.7 Å². The molecule has 0 unspecified atom stereocenters. The molecule has 0 aliphatic rings. The lowest BCUT2D eigenvalue weighted by molar-refractivity contribution is 0.396. The van der Waals surface area contributed by atoms with Crippen LogP contribution < -0.4 is 20.9 Å². The topological polar surface area (TPSA) is 145 Å². The van der Waals surface area contributed by atoms with Crippen LogP contribution in [0.1, 0.15) is 11.1 Å². The second-order valence-electron chi connectivity index (χ2n) is 4.35. The number of rotatable bonds is 5. The van der Waals surface area contributed by atoms with Crippen molar-refractivity contribution in [3.8, 4) is 11.5 Å². The number of nitrogens with two attached hydrogens (primary N) is 2. The van der Waals surface area contributed by atoms with E-state index in [1.54, 1.807) is 18.3 Å². The normalized spacial score (nSPS) is 9.91. The SMILES string of the molecule is COc1cc(Cc2cnc(N)nc2N)cc(OC)c1N=[N+]=[N-]. The summed E-state index contributed by atoms with van der Waals surface area (Å²) in [5, 5.41) is 3.59. The van der Waals surface area contributed by atoms with Crippen LogP contribution in [0.2, 0.25) is 0 Å². The van der Waals surface area contributed by atoms with Gasteiger partial charge in [0.2, 0.25) is 5.95 Å². The van der Waals surface area contributed by atoms with Gasteiger partial charge in [0.05, 0.1) is 14.2 Å². The van der Waals surface area contributed by atoms with Crippen molar-refractivity contribution in [1.29, 1.82) is 0 Å². The van der Waals surface area contributed by atoms with E-state index in [0.717, 1.165) is 11.1 Å². The Bertz CT molecular complexity index is 716. The van der Waals surface area contributed by atoms with Crippen LogP contribution in [0.4, 0.5) is 17.5 Å². The van der Waals surface area contributed by atoms with Crippen LogP contribution in [-0.4, -0.2) is 24.2 Å². The first-order valence-electron chi connectivity index (χ1n) is 6.26. The summed E-state index contributed by atoms with van der Waals surface area (Å²) < 4.78 is 10.5. The lowest BCUT2D eigenvalue weighted by atomic mass is 10.1. The number of ether oxygens (including phenoxy) is 2. The van der Waals surface area contributed by atoms with E-state index in [2.05, 4.69) is 20.0 Å². The molecule has 0 aliphatic carbocycles. The van der Waals surface area contributed by atoms with Crippen molar-refractivity contribution in [3.63, 3.8) is 0 Å². The molecule has 0 saturated heterocycles. The number of anilines is 2. The molecule has 0 amide bonds. The summed E-state index contributed by atoms with van der Waals surface area (Å²) in [6, 6.07) is 3.48. The average Bonchev–Trinajstić information content (AvgIpc) is 2.51. The summed E-state index contributed by atoms with van der Waals surface area (Å²) in [4.78, 5) is 10.6. The summed E-state index contributed by atoms with van der Waals surface area (Å²) in [6.07, 6.45) is 2.02. The average molecular weight is 301 g/mol.